The predicted octanol–water partition coefficient (Wildman–Crippen LogP) is 3.42. The van der Waals surface area contributed by atoms with E-state index in [9.17, 15) is 0 Å². The molecule has 1 aromatic carbocycles. The zero-order valence-electron chi connectivity index (χ0n) is 11.2. The van der Waals surface area contributed by atoms with E-state index in [2.05, 4.69) is 28.5 Å². The van der Waals surface area contributed by atoms with Crippen LogP contribution in [0.2, 0.25) is 0 Å². The molecule has 0 spiro atoms. The van der Waals surface area contributed by atoms with Gasteiger partial charge in [0.2, 0.25) is 0 Å². The Morgan fingerprint density at radius 3 is 2.75 bits per heavy atom. The summed E-state index contributed by atoms with van der Waals surface area (Å²) in [5.41, 5.74) is 2.06. The number of nitrogens with one attached hydrogen (secondary N) is 1. The van der Waals surface area contributed by atoms with Crippen molar-refractivity contribution in [2.24, 2.45) is 0 Å². The van der Waals surface area contributed by atoms with Crippen molar-refractivity contribution in [2.75, 3.05) is 5.32 Å². The van der Waals surface area contributed by atoms with E-state index in [4.69, 9.17) is 4.42 Å². The van der Waals surface area contributed by atoms with Crippen LogP contribution in [0.5, 0.6) is 0 Å². The molecule has 0 amide bonds. The minimum Gasteiger partial charge on any atom is -0.467 e. The zero-order chi connectivity index (χ0) is 13.8. The highest BCUT2D eigenvalue weighted by Crippen LogP contribution is 2.24. The normalized spacial score (nSPS) is 12.2. The largest absolute Gasteiger partial charge is 0.467 e. The van der Waals surface area contributed by atoms with Crippen LogP contribution in [-0.4, -0.2) is 14.8 Å². The number of benzene rings is 1. The monoisotopic (exact) mass is 268 g/mol. The highest BCUT2D eigenvalue weighted by atomic mass is 16.3. The molecule has 0 aliphatic heterocycles. The Morgan fingerprint density at radius 1 is 1.20 bits per heavy atom. The Bertz CT molecular complexity index is 646. The SMILES string of the molecule is CCC(Nc1cccc(-n2cnnc2)c1)c1ccco1. The predicted molar refractivity (Wildman–Crippen MR) is 76.7 cm³/mol. The topological polar surface area (TPSA) is 55.9 Å². The van der Waals surface area contributed by atoms with Crippen LogP contribution in [0.1, 0.15) is 25.1 Å². The Labute approximate surface area is 117 Å². The average Bonchev–Trinajstić information content (AvgIpc) is 3.17. The van der Waals surface area contributed by atoms with Gasteiger partial charge in [-0.1, -0.05) is 13.0 Å². The molecule has 0 saturated carbocycles. The number of hydrogen-bond donors (Lipinski definition) is 1. The molecule has 1 N–H and O–H groups in total. The second-order valence-electron chi connectivity index (χ2n) is 4.54. The van der Waals surface area contributed by atoms with Gasteiger partial charge in [-0.2, -0.15) is 0 Å². The molecule has 3 aromatic rings. The summed E-state index contributed by atoms with van der Waals surface area (Å²) in [5, 5.41) is 11.1. The average molecular weight is 268 g/mol. The van der Waals surface area contributed by atoms with E-state index >= 15 is 0 Å². The lowest BCUT2D eigenvalue weighted by atomic mass is 10.1. The van der Waals surface area contributed by atoms with E-state index in [1.54, 1.807) is 18.9 Å². The standard InChI is InChI=1S/C15H16N4O/c1-2-14(15-7-4-8-20-15)18-12-5-3-6-13(9-12)19-10-16-17-11-19/h3-11,14,18H,2H2,1H3. The molecule has 0 radical (unpaired) electrons. The highest BCUT2D eigenvalue weighted by Gasteiger charge is 2.11. The first kappa shape index (κ1) is 12.5. The molecule has 0 fully saturated rings. The lowest BCUT2D eigenvalue weighted by Crippen LogP contribution is -2.09. The van der Waals surface area contributed by atoms with Gasteiger partial charge in [0.25, 0.3) is 0 Å². The van der Waals surface area contributed by atoms with E-state index in [0.717, 1.165) is 23.6 Å². The van der Waals surface area contributed by atoms with Gasteiger partial charge in [-0.3, -0.25) is 4.57 Å². The Balaban J connectivity index is 1.82. The summed E-state index contributed by atoms with van der Waals surface area (Å²) < 4.78 is 7.35. The number of aromatic nitrogens is 3. The fourth-order valence-corrected chi connectivity index (χ4v) is 2.16. The molecule has 2 aromatic heterocycles. The van der Waals surface area contributed by atoms with E-state index in [0.29, 0.717) is 0 Å². The summed E-state index contributed by atoms with van der Waals surface area (Å²) in [6.45, 7) is 2.13. The summed E-state index contributed by atoms with van der Waals surface area (Å²) in [6, 6.07) is 12.2. The minimum atomic E-state index is 0.168. The van der Waals surface area contributed by atoms with Gasteiger partial charge in [0.1, 0.15) is 18.4 Å². The molecule has 5 heteroatoms. The second kappa shape index (κ2) is 5.61. The van der Waals surface area contributed by atoms with Crippen LogP contribution in [-0.2, 0) is 0 Å². The van der Waals surface area contributed by atoms with E-state index in [1.807, 2.05) is 34.9 Å². The van der Waals surface area contributed by atoms with Gasteiger partial charge in [-0.05, 0) is 36.8 Å². The summed E-state index contributed by atoms with van der Waals surface area (Å²) in [7, 11) is 0. The van der Waals surface area contributed by atoms with Gasteiger partial charge in [0.05, 0.1) is 18.0 Å². The molecule has 1 unspecified atom stereocenters. The Morgan fingerprint density at radius 2 is 2.05 bits per heavy atom. The quantitative estimate of drug-likeness (QED) is 0.770. The van der Waals surface area contributed by atoms with Gasteiger partial charge in [-0.15, -0.1) is 10.2 Å². The molecule has 2 heterocycles. The molecule has 0 aliphatic carbocycles. The van der Waals surface area contributed by atoms with Crippen LogP contribution in [0.15, 0.2) is 59.7 Å². The fourth-order valence-electron chi connectivity index (χ4n) is 2.16. The smallest absolute Gasteiger partial charge is 0.125 e. The maximum Gasteiger partial charge on any atom is 0.125 e. The molecule has 5 nitrogen and oxygen atoms in total. The summed E-state index contributed by atoms with van der Waals surface area (Å²) in [5.74, 6) is 0.946. The van der Waals surface area contributed by atoms with Crippen molar-refractivity contribution in [3.63, 3.8) is 0 Å². The minimum absolute atomic E-state index is 0.168. The maximum absolute atomic E-state index is 5.47. The van der Waals surface area contributed by atoms with E-state index < -0.39 is 0 Å². The first-order valence-electron chi connectivity index (χ1n) is 6.62. The Kier molecular flexibility index (Phi) is 3.50. The van der Waals surface area contributed by atoms with Gasteiger partial charge >= 0.3 is 0 Å². The molecule has 0 bridgehead atoms. The first-order valence-corrected chi connectivity index (χ1v) is 6.62. The number of anilines is 1. The van der Waals surface area contributed by atoms with Crippen LogP contribution in [0.25, 0.3) is 5.69 Å². The van der Waals surface area contributed by atoms with Crippen LogP contribution < -0.4 is 5.32 Å². The van der Waals surface area contributed by atoms with Gasteiger partial charge in [0.15, 0.2) is 0 Å². The van der Waals surface area contributed by atoms with Crippen molar-refractivity contribution in [1.82, 2.24) is 14.8 Å². The Hall–Kier alpha value is -2.56. The van der Waals surface area contributed by atoms with Gasteiger partial charge in [0, 0.05) is 5.69 Å². The summed E-state index contributed by atoms with van der Waals surface area (Å²) in [6.07, 6.45) is 6.02. The summed E-state index contributed by atoms with van der Waals surface area (Å²) >= 11 is 0. The van der Waals surface area contributed by atoms with Crippen molar-refractivity contribution < 1.29 is 4.42 Å². The molecule has 102 valence electrons. The third kappa shape index (κ3) is 2.56. The van der Waals surface area contributed by atoms with Crippen molar-refractivity contribution in [3.05, 3.63) is 61.1 Å². The lowest BCUT2D eigenvalue weighted by Gasteiger charge is -2.16. The van der Waals surface area contributed by atoms with Crippen molar-refractivity contribution in [2.45, 2.75) is 19.4 Å². The molecule has 0 aliphatic rings. The van der Waals surface area contributed by atoms with Crippen LogP contribution in [0, 0.1) is 0 Å². The van der Waals surface area contributed by atoms with Crippen molar-refractivity contribution >= 4 is 5.69 Å². The van der Waals surface area contributed by atoms with Crippen LogP contribution in [0.4, 0.5) is 5.69 Å². The molecule has 0 saturated heterocycles. The number of nitrogens with zero attached hydrogens (tertiary/aromatic N) is 3. The van der Waals surface area contributed by atoms with Gasteiger partial charge < -0.3 is 9.73 Å². The highest BCUT2D eigenvalue weighted by molar-refractivity contribution is 5.52. The lowest BCUT2D eigenvalue weighted by molar-refractivity contribution is 0.474. The number of hydrogen-bond acceptors (Lipinski definition) is 4. The second-order valence-corrected chi connectivity index (χ2v) is 4.54. The summed E-state index contributed by atoms with van der Waals surface area (Å²) in [4.78, 5) is 0. The third-order valence-electron chi connectivity index (χ3n) is 3.20. The molecular weight excluding hydrogens is 252 g/mol. The molecule has 1 atom stereocenters. The number of rotatable bonds is 5. The van der Waals surface area contributed by atoms with Gasteiger partial charge in [-0.25, -0.2) is 0 Å². The third-order valence-corrected chi connectivity index (χ3v) is 3.20. The number of furan rings is 1. The van der Waals surface area contributed by atoms with Crippen LogP contribution in [0.3, 0.4) is 0 Å². The van der Waals surface area contributed by atoms with Crippen LogP contribution >= 0.6 is 0 Å². The maximum atomic E-state index is 5.47. The van der Waals surface area contributed by atoms with E-state index in [1.165, 1.54) is 0 Å². The first-order chi connectivity index (χ1) is 9.86. The molecule has 20 heavy (non-hydrogen) atoms. The fraction of sp³-hybridized carbons (Fsp3) is 0.200. The molecular formula is C15H16N4O. The van der Waals surface area contributed by atoms with Crippen molar-refractivity contribution in [3.8, 4) is 5.69 Å². The molecule has 3 rings (SSSR count). The van der Waals surface area contributed by atoms with E-state index in [-0.39, 0.29) is 6.04 Å². The zero-order valence-corrected chi connectivity index (χ0v) is 11.2. The van der Waals surface area contributed by atoms with Crippen molar-refractivity contribution in [1.29, 1.82) is 0 Å².